The number of aliphatic hydroxyl groups is 1. The van der Waals surface area contributed by atoms with Gasteiger partial charge in [-0.15, -0.1) is 0 Å². The lowest BCUT2D eigenvalue weighted by atomic mass is 9.85. The number of carbonyl (C=O) groups is 2. The number of anilines is 1. The SMILES string of the molecule is CC1=CC(C)(C)N2C(=O)C(O)(CC(=O)c3ccccc3)c3cc(C)cc1c32. The van der Waals surface area contributed by atoms with Crippen molar-refractivity contribution < 1.29 is 14.7 Å². The number of aryl methyl sites for hydroxylation is 1. The van der Waals surface area contributed by atoms with Gasteiger partial charge in [0, 0.05) is 16.7 Å². The number of allylic oxidation sites excluding steroid dienone is 1. The van der Waals surface area contributed by atoms with Crippen LogP contribution in [0, 0.1) is 6.92 Å². The van der Waals surface area contributed by atoms with Crippen LogP contribution in [0.5, 0.6) is 0 Å². The van der Waals surface area contributed by atoms with Crippen LogP contribution in [0.4, 0.5) is 5.69 Å². The number of nitrogens with zero attached hydrogens (tertiary/aromatic N) is 1. The molecule has 0 fully saturated rings. The van der Waals surface area contributed by atoms with Gasteiger partial charge in [0.2, 0.25) is 0 Å². The molecule has 4 rings (SSSR count). The van der Waals surface area contributed by atoms with Crippen LogP contribution < -0.4 is 4.90 Å². The van der Waals surface area contributed by atoms with Crippen molar-refractivity contribution in [3.8, 4) is 0 Å². The van der Waals surface area contributed by atoms with Gasteiger partial charge in [-0.1, -0.05) is 42.5 Å². The first-order valence-electron chi connectivity index (χ1n) is 9.15. The topological polar surface area (TPSA) is 57.6 Å². The first-order valence-corrected chi connectivity index (χ1v) is 9.15. The predicted octanol–water partition coefficient (Wildman–Crippen LogP) is 4.00. The highest BCUT2D eigenvalue weighted by atomic mass is 16.3. The Labute approximate surface area is 159 Å². The number of hydrogen-bond acceptors (Lipinski definition) is 3. The molecule has 2 aromatic rings. The molecule has 0 aromatic heterocycles. The summed E-state index contributed by atoms with van der Waals surface area (Å²) in [6, 6.07) is 12.7. The maximum atomic E-state index is 13.4. The first-order chi connectivity index (χ1) is 12.6. The second-order valence-electron chi connectivity index (χ2n) is 8.16. The second-order valence-corrected chi connectivity index (χ2v) is 8.16. The van der Waals surface area contributed by atoms with Crippen molar-refractivity contribution in [1.29, 1.82) is 0 Å². The molecule has 0 radical (unpaired) electrons. The largest absolute Gasteiger partial charge is 0.375 e. The molecule has 1 unspecified atom stereocenters. The summed E-state index contributed by atoms with van der Waals surface area (Å²) in [7, 11) is 0. The molecule has 1 N–H and O–H groups in total. The van der Waals surface area contributed by atoms with Crippen LogP contribution >= 0.6 is 0 Å². The molecule has 2 aliphatic rings. The Morgan fingerprint density at radius 1 is 1.11 bits per heavy atom. The van der Waals surface area contributed by atoms with Crippen molar-refractivity contribution in [1.82, 2.24) is 0 Å². The number of benzene rings is 2. The van der Waals surface area contributed by atoms with E-state index in [9.17, 15) is 14.7 Å². The van der Waals surface area contributed by atoms with E-state index in [1.54, 1.807) is 29.2 Å². The molecule has 0 spiro atoms. The van der Waals surface area contributed by atoms with Crippen LogP contribution in [0.2, 0.25) is 0 Å². The molecule has 4 heteroatoms. The third kappa shape index (κ3) is 2.47. The highest BCUT2D eigenvalue weighted by molar-refractivity contribution is 6.14. The van der Waals surface area contributed by atoms with Crippen LogP contribution in [-0.2, 0) is 10.4 Å². The normalized spacial score (nSPS) is 22.5. The minimum Gasteiger partial charge on any atom is -0.375 e. The van der Waals surface area contributed by atoms with Crippen molar-refractivity contribution in [2.24, 2.45) is 0 Å². The fraction of sp³-hybridized carbons (Fsp3) is 0.304. The summed E-state index contributed by atoms with van der Waals surface area (Å²) in [5.41, 5.74) is 2.32. The molecule has 138 valence electrons. The molecular formula is C23H23NO3. The lowest BCUT2D eigenvalue weighted by Crippen LogP contribution is -2.51. The van der Waals surface area contributed by atoms with Gasteiger partial charge in [0.1, 0.15) is 0 Å². The Kier molecular flexibility index (Phi) is 3.69. The van der Waals surface area contributed by atoms with E-state index >= 15 is 0 Å². The van der Waals surface area contributed by atoms with Gasteiger partial charge in [0.05, 0.1) is 17.6 Å². The lowest BCUT2D eigenvalue weighted by molar-refractivity contribution is -0.136. The Balaban J connectivity index is 1.88. The van der Waals surface area contributed by atoms with Gasteiger partial charge in [-0.05, 0) is 44.9 Å². The van der Waals surface area contributed by atoms with Gasteiger partial charge in [0.25, 0.3) is 5.91 Å². The first kappa shape index (κ1) is 17.7. The molecule has 0 saturated heterocycles. The van der Waals surface area contributed by atoms with E-state index in [2.05, 4.69) is 0 Å². The summed E-state index contributed by atoms with van der Waals surface area (Å²) in [5, 5.41) is 11.5. The Bertz CT molecular complexity index is 1000. The van der Waals surface area contributed by atoms with Gasteiger partial charge in [-0.2, -0.15) is 0 Å². The van der Waals surface area contributed by atoms with E-state index < -0.39 is 17.0 Å². The fourth-order valence-corrected chi connectivity index (χ4v) is 4.39. The van der Waals surface area contributed by atoms with Crippen molar-refractivity contribution >= 4 is 23.0 Å². The quantitative estimate of drug-likeness (QED) is 0.841. The average molecular weight is 361 g/mol. The maximum Gasteiger partial charge on any atom is 0.264 e. The van der Waals surface area contributed by atoms with Gasteiger partial charge in [-0.3, -0.25) is 14.5 Å². The third-order valence-electron chi connectivity index (χ3n) is 5.56. The number of Topliss-reactive ketones (excluding diaryl/α,β-unsaturated/α-hetero) is 1. The summed E-state index contributed by atoms with van der Waals surface area (Å²) < 4.78 is 0. The molecule has 0 bridgehead atoms. The number of ketones is 1. The van der Waals surface area contributed by atoms with Crippen LogP contribution in [-0.4, -0.2) is 22.3 Å². The van der Waals surface area contributed by atoms with Crippen LogP contribution in [0.1, 0.15) is 54.2 Å². The van der Waals surface area contributed by atoms with Gasteiger partial charge in [0.15, 0.2) is 11.4 Å². The van der Waals surface area contributed by atoms with Crippen LogP contribution in [0.3, 0.4) is 0 Å². The minimum absolute atomic E-state index is 0.246. The molecule has 2 heterocycles. The molecule has 0 aliphatic carbocycles. The molecule has 1 amide bonds. The third-order valence-corrected chi connectivity index (χ3v) is 5.56. The van der Waals surface area contributed by atoms with E-state index in [0.29, 0.717) is 11.1 Å². The van der Waals surface area contributed by atoms with Crippen molar-refractivity contribution in [3.05, 3.63) is 70.8 Å². The highest BCUT2D eigenvalue weighted by Crippen LogP contribution is 2.52. The fourth-order valence-electron chi connectivity index (χ4n) is 4.39. The van der Waals surface area contributed by atoms with Crippen LogP contribution in [0.25, 0.3) is 5.57 Å². The Morgan fingerprint density at radius 3 is 2.44 bits per heavy atom. The highest BCUT2D eigenvalue weighted by Gasteiger charge is 2.56. The lowest BCUT2D eigenvalue weighted by Gasteiger charge is -2.39. The van der Waals surface area contributed by atoms with E-state index in [1.807, 2.05) is 52.0 Å². The number of carbonyl (C=O) groups excluding carboxylic acids is 2. The molecule has 2 aliphatic heterocycles. The number of hydrogen-bond donors (Lipinski definition) is 1. The number of rotatable bonds is 3. The molecule has 1 atom stereocenters. The average Bonchev–Trinajstić information content (AvgIpc) is 2.82. The number of amides is 1. The molecule has 2 aromatic carbocycles. The zero-order valence-electron chi connectivity index (χ0n) is 16.0. The van der Waals surface area contributed by atoms with Crippen molar-refractivity contribution in [2.45, 2.75) is 45.3 Å². The Morgan fingerprint density at radius 2 is 1.78 bits per heavy atom. The smallest absolute Gasteiger partial charge is 0.264 e. The molecular weight excluding hydrogens is 338 g/mol. The van der Waals surface area contributed by atoms with E-state index in [1.165, 1.54) is 0 Å². The zero-order valence-corrected chi connectivity index (χ0v) is 16.0. The molecule has 4 nitrogen and oxygen atoms in total. The zero-order chi connectivity index (χ0) is 19.6. The standard InChI is InChI=1S/C23H23NO3/c1-14-10-17-15(2)12-22(3,4)24-20(17)18(11-14)23(27,21(24)26)13-19(25)16-8-6-5-7-9-16/h5-12,27H,13H2,1-4H3. The predicted molar refractivity (Wildman–Crippen MR) is 106 cm³/mol. The monoisotopic (exact) mass is 361 g/mol. The molecule has 27 heavy (non-hydrogen) atoms. The van der Waals surface area contributed by atoms with Crippen molar-refractivity contribution in [3.63, 3.8) is 0 Å². The summed E-state index contributed by atoms with van der Waals surface area (Å²) in [6.45, 7) is 7.86. The molecule has 0 saturated carbocycles. The second kappa shape index (κ2) is 5.64. The Hall–Kier alpha value is -2.72. The maximum absolute atomic E-state index is 13.4. The minimum atomic E-state index is -1.85. The van der Waals surface area contributed by atoms with Crippen molar-refractivity contribution in [2.75, 3.05) is 4.90 Å². The van der Waals surface area contributed by atoms with E-state index in [4.69, 9.17) is 0 Å². The van der Waals surface area contributed by atoms with Gasteiger partial charge < -0.3 is 5.11 Å². The van der Waals surface area contributed by atoms with E-state index in [-0.39, 0.29) is 12.2 Å². The summed E-state index contributed by atoms with van der Waals surface area (Å²) >= 11 is 0. The summed E-state index contributed by atoms with van der Waals surface area (Å²) in [6.07, 6.45) is 1.78. The summed E-state index contributed by atoms with van der Waals surface area (Å²) in [4.78, 5) is 27.9. The van der Waals surface area contributed by atoms with E-state index in [0.717, 1.165) is 22.4 Å². The summed E-state index contributed by atoms with van der Waals surface area (Å²) in [5.74, 6) is -0.675. The van der Waals surface area contributed by atoms with Gasteiger partial charge in [-0.25, -0.2) is 0 Å². The van der Waals surface area contributed by atoms with Gasteiger partial charge >= 0.3 is 0 Å². The van der Waals surface area contributed by atoms with Crippen LogP contribution in [0.15, 0.2) is 48.5 Å².